The average Bonchev–Trinajstić information content (AvgIpc) is 2.85. The van der Waals surface area contributed by atoms with Gasteiger partial charge in [-0.05, 0) is 56.5 Å². The lowest BCUT2D eigenvalue weighted by Crippen LogP contribution is -2.29. The summed E-state index contributed by atoms with van der Waals surface area (Å²) < 4.78 is 0. The first-order chi connectivity index (χ1) is 9.73. The second kappa shape index (κ2) is 5.58. The molecule has 2 N–H and O–H groups in total. The van der Waals surface area contributed by atoms with Crippen LogP contribution in [0.15, 0.2) is 30.5 Å². The van der Waals surface area contributed by atoms with E-state index in [1.165, 1.54) is 11.8 Å². The molecule has 1 aliphatic rings. The van der Waals surface area contributed by atoms with E-state index in [-0.39, 0.29) is 0 Å². The van der Waals surface area contributed by atoms with Crippen molar-refractivity contribution in [2.24, 2.45) is 0 Å². The maximum absolute atomic E-state index is 11.2. The number of nitrogens with one attached hydrogen (secondary N) is 1. The molecule has 0 saturated carbocycles. The van der Waals surface area contributed by atoms with Crippen LogP contribution in [0, 0.1) is 0 Å². The van der Waals surface area contributed by atoms with E-state index in [4.69, 9.17) is 0 Å². The van der Waals surface area contributed by atoms with Crippen LogP contribution in [-0.2, 0) is 5.60 Å². The van der Waals surface area contributed by atoms with Crippen molar-refractivity contribution in [1.29, 1.82) is 0 Å². The Labute approximate surface area is 120 Å². The molecule has 3 rings (SSSR count). The Balaban J connectivity index is 1.90. The number of hydrogen-bond acceptors (Lipinski definition) is 2. The lowest BCUT2D eigenvalue weighted by atomic mass is 9.85. The molecule has 2 heterocycles. The molecule has 0 aliphatic carbocycles. The molecule has 2 aromatic rings. The first kappa shape index (κ1) is 13.7. The van der Waals surface area contributed by atoms with Crippen LogP contribution in [-0.4, -0.2) is 34.6 Å². The van der Waals surface area contributed by atoms with Crippen molar-refractivity contribution in [2.75, 3.05) is 19.6 Å². The average molecular weight is 272 g/mol. The molecule has 1 aliphatic heterocycles. The SMILES string of the molecule is CCCN1CCCC(O)(c2cccc3[nH]ccc23)CC1. The van der Waals surface area contributed by atoms with E-state index in [2.05, 4.69) is 35.0 Å². The molecule has 108 valence electrons. The summed E-state index contributed by atoms with van der Waals surface area (Å²) in [5.41, 5.74) is 1.53. The number of nitrogens with zero attached hydrogens (tertiary/aromatic N) is 1. The highest BCUT2D eigenvalue weighted by Gasteiger charge is 2.33. The van der Waals surface area contributed by atoms with E-state index in [0.29, 0.717) is 0 Å². The van der Waals surface area contributed by atoms with Crippen molar-refractivity contribution >= 4 is 10.9 Å². The number of likely N-dealkylation sites (tertiary alicyclic amines) is 1. The van der Waals surface area contributed by atoms with Gasteiger partial charge in [0.15, 0.2) is 0 Å². The summed E-state index contributed by atoms with van der Waals surface area (Å²) >= 11 is 0. The van der Waals surface area contributed by atoms with Crippen molar-refractivity contribution in [2.45, 2.75) is 38.2 Å². The predicted molar refractivity (Wildman–Crippen MR) is 82.8 cm³/mol. The van der Waals surface area contributed by atoms with Gasteiger partial charge in [0.2, 0.25) is 0 Å². The standard InChI is InChI=1S/C17H24N2O/c1-2-11-19-12-4-8-17(20,9-13-19)15-5-3-6-16-14(15)7-10-18-16/h3,5-7,10,18,20H,2,4,8-9,11-13H2,1H3. The van der Waals surface area contributed by atoms with Gasteiger partial charge in [-0.15, -0.1) is 0 Å². The van der Waals surface area contributed by atoms with Gasteiger partial charge in [0.05, 0.1) is 5.60 Å². The summed E-state index contributed by atoms with van der Waals surface area (Å²) in [6.07, 6.45) is 5.90. The van der Waals surface area contributed by atoms with Gasteiger partial charge in [-0.25, -0.2) is 0 Å². The first-order valence-corrected chi connectivity index (χ1v) is 7.74. The Morgan fingerprint density at radius 3 is 3.00 bits per heavy atom. The van der Waals surface area contributed by atoms with Crippen LogP contribution in [0.25, 0.3) is 10.9 Å². The number of aliphatic hydroxyl groups is 1. The van der Waals surface area contributed by atoms with Gasteiger partial charge in [-0.3, -0.25) is 0 Å². The fraction of sp³-hybridized carbons (Fsp3) is 0.529. The molecule has 1 atom stereocenters. The van der Waals surface area contributed by atoms with Gasteiger partial charge in [-0.1, -0.05) is 19.1 Å². The number of aromatic nitrogens is 1. The largest absolute Gasteiger partial charge is 0.385 e. The number of H-pyrrole nitrogens is 1. The van der Waals surface area contributed by atoms with Crippen molar-refractivity contribution in [3.63, 3.8) is 0 Å². The lowest BCUT2D eigenvalue weighted by Gasteiger charge is -2.28. The monoisotopic (exact) mass is 272 g/mol. The second-order valence-corrected chi connectivity index (χ2v) is 5.97. The summed E-state index contributed by atoms with van der Waals surface area (Å²) in [4.78, 5) is 5.72. The van der Waals surface area contributed by atoms with Crippen LogP contribution in [0.1, 0.15) is 38.2 Å². The van der Waals surface area contributed by atoms with E-state index in [1.54, 1.807) is 0 Å². The highest BCUT2D eigenvalue weighted by molar-refractivity contribution is 5.83. The molecular formula is C17H24N2O. The van der Waals surface area contributed by atoms with Gasteiger partial charge in [0.25, 0.3) is 0 Å². The normalized spacial score (nSPS) is 24.9. The van der Waals surface area contributed by atoms with Gasteiger partial charge in [0, 0.05) is 23.6 Å². The van der Waals surface area contributed by atoms with Crippen molar-refractivity contribution in [1.82, 2.24) is 9.88 Å². The fourth-order valence-electron chi connectivity index (χ4n) is 3.48. The van der Waals surface area contributed by atoms with Crippen LogP contribution in [0.2, 0.25) is 0 Å². The Hall–Kier alpha value is -1.32. The quantitative estimate of drug-likeness (QED) is 0.900. The van der Waals surface area contributed by atoms with Gasteiger partial charge < -0.3 is 15.0 Å². The zero-order valence-corrected chi connectivity index (χ0v) is 12.2. The van der Waals surface area contributed by atoms with Crippen molar-refractivity contribution in [3.05, 3.63) is 36.0 Å². The van der Waals surface area contributed by atoms with Gasteiger partial charge in [0.1, 0.15) is 0 Å². The second-order valence-electron chi connectivity index (χ2n) is 5.97. The van der Waals surface area contributed by atoms with E-state index in [0.717, 1.165) is 50.0 Å². The summed E-state index contributed by atoms with van der Waals surface area (Å²) in [5, 5.41) is 12.4. The fourth-order valence-corrected chi connectivity index (χ4v) is 3.48. The first-order valence-electron chi connectivity index (χ1n) is 7.74. The maximum Gasteiger partial charge on any atom is 0.0915 e. The third kappa shape index (κ3) is 2.48. The summed E-state index contributed by atoms with van der Waals surface area (Å²) in [6, 6.07) is 8.28. The third-order valence-corrected chi connectivity index (χ3v) is 4.54. The minimum absolute atomic E-state index is 0.676. The molecule has 0 spiro atoms. The van der Waals surface area contributed by atoms with Gasteiger partial charge in [-0.2, -0.15) is 0 Å². The minimum Gasteiger partial charge on any atom is -0.385 e. The Morgan fingerprint density at radius 1 is 1.25 bits per heavy atom. The number of benzene rings is 1. The minimum atomic E-state index is -0.676. The smallest absolute Gasteiger partial charge is 0.0915 e. The number of fused-ring (bicyclic) bond motifs is 1. The van der Waals surface area contributed by atoms with Crippen LogP contribution >= 0.6 is 0 Å². The lowest BCUT2D eigenvalue weighted by molar-refractivity contribution is 0.0227. The molecule has 1 saturated heterocycles. The predicted octanol–water partition coefficient (Wildman–Crippen LogP) is 3.25. The molecule has 0 bridgehead atoms. The molecule has 1 fully saturated rings. The zero-order chi connectivity index (χ0) is 14.0. The Kier molecular flexibility index (Phi) is 3.81. The number of hydrogen-bond donors (Lipinski definition) is 2. The summed E-state index contributed by atoms with van der Waals surface area (Å²) in [7, 11) is 0. The van der Waals surface area contributed by atoms with Crippen LogP contribution in [0.3, 0.4) is 0 Å². The molecule has 0 radical (unpaired) electrons. The van der Waals surface area contributed by atoms with E-state index >= 15 is 0 Å². The molecule has 1 aromatic carbocycles. The highest BCUT2D eigenvalue weighted by atomic mass is 16.3. The Bertz CT molecular complexity index is 577. The van der Waals surface area contributed by atoms with Crippen LogP contribution in [0.4, 0.5) is 0 Å². The third-order valence-electron chi connectivity index (χ3n) is 4.54. The summed E-state index contributed by atoms with van der Waals surface area (Å²) in [6.45, 7) is 5.46. The van der Waals surface area contributed by atoms with Crippen molar-refractivity contribution in [3.8, 4) is 0 Å². The maximum atomic E-state index is 11.2. The van der Waals surface area contributed by atoms with Gasteiger partial charge >= 0.3 is 0 Å². The molecule has 0 amide bonds. The zero-order valence-electron chi connectivity index (χ0n) is 12.2. The van der Waals surface area contributed by atoms with Crippen LogP contribution < -0.4 is 0 Å². The number of rotatable bonds is 3. The molecule has 1 unspecified atom stereocenters. The van der Waals surface area contributed by atoms with Crippen LogP contribution in [0.5, 0.6) is 0 Å². The van der Waals surface area contributed by atoms with Crippen molar-refractivity contribution < 1.29 is 5.11 Å². The van der Waals surface area contributed by atoms with E-state index < -0.39 is 5.60 Å². The topological polar surface area (TPSA) is 39.3 Å². The molecule has 1 aromatic heterocycles. The molecule has 3 nitrogen and oxygen atoms in total. The Morgan fingerprint density at radius 2 is 2.15 bits per heavy atom. The summed E-state index contributed by atoms with van der Waals surface area (Å²) in [5.74, 6) is 0. The molecule has 20 heavy (non-hydrogen) atoms. The molecule has 3 heteroatoms. The highest BCUT2D eigenvalue weighted by Crippen LogP contribution is 2.36. The molecular weight excluding hydrogens is 248 g/mol. The number of aromatic amines is 1. The van der Waals surface area contributed by atoms with E-state index in [1.807, 2.05) is 12.3 Å². The van der Waals surface area contributed by atoms with E-state index in [9.17, 15) is 5.11 Å².